The standard InChI is InChI=1S/C15H22O4/c1-11(14(16)18-10-12-9-17-12)8-15-7-5-3-2-4-6-13(15)19-15/h8,12-13H,2-7,9-10H2,1H3. The average Bonchev–Trinajstić information content (AvgIpc) is 3.26. The minimum atomic E-state index is -0.235. The average molecular weight is 266 g/mol. The summed E-state index contributed by atoms with van der Waals surface area (Å²) in [6.45, 7) is 2.91. The minimum absolute atomic E-state index is 0.126. The van der Waals surface area contributed by atoms with Crippen LogP contribution in [0.15, 0.2) is 11.6 Å². The Morgan fingerprint density at radius 2 is 2.16 bits per heavy atom. The topological polar surface area (TPSA) is 51.4 Å². The largest absolute Gasteiger partial charge is 0.459 e. The number of hydrogen-bond acceptors (Lipinski definition) is 4. The molecule has 0 amide bonds. The zero-order valence-corrected chi connectivity index (χ0v) is 11.5. The predicted molar refractivity (Wildman–Crippen MR) is 69.8 cm³/mol. The van der Waals surface area contributed by atoms with Gasteiger partial charge in [-0.15, -0.1) is 0 Å². The molecule has 2 saturated heterocycles. The molecule has 0 aromatic carbocycles. The van der Waals surface area contributed by atoms with E-state index in [2.05, 4.69) is 0 Å². The maximum Gasteiger partial charge on any atom is 0.333 e. The van der Waals surface area contributed by atoms with Crippen molar-refractivity contribution in [1.82, 2.24) is 0 Å². The predicted octanol–water partition coefficient (Wildman–Crippen LogP) is 2.37. The summed E-state index contributed by atoms with van der Waals surface area (Å²) in [7, 11) is 0. The Labute approximate surface area is 114 Å². The molecule has 3 atom stereocenters. The van der Waals surface area contributed by atoms with Crippen molar-refractivity contribution in [1.29, 1.82) is 0 Å². The molecule has 2 aliphatic heterocycles. The molecular formula is C15H22O4. The second kappa shape index (κ2) is 5.25. The monoisotopic (exact) mass is 266 g/mol. The van der Waals surface area contributed by atoms with E-state index in [0.29, 0.717) is 24.9 Å². The molecule has 0 spiro atoms. The van der Waals surface area contributed by atoms with Crippen LogP contribution in [0.1, 0.15) is 45.4 Å². The zero-order valence-electron chi connectivity index (χ0n) is 11.5. The summed E-state index contributed by atoms with van der Waals surface area (Å²) >= 11 is 0. The summed E-state index contributed by atoms with van der Waals surface area (Å²) in [5.74, 6) is -0.235. The molecular weight excluding hydrogens is 244 g/mol. The van der Waals surface area contributed by atoms with Crippen LogP contribution < -0.4 is 0 Å². The van der Waals surface area contributed by atoms with Crippen LogP contribution in [0.25, 0.3) is 0 Å². The van der Waals surface area contributed by atoms with Crippen LogP contribution in [-0.2, 0) is 19.0 Å². The molecule has 0 N–H and O–H groups in total. The molecule has 4 nitrogen and oxygen atoms in total. The summed E-state index contributed by atoms with van der Waals surface area (Å²) < 4.78 is 16.1. The first kappa shape index (κ1) is 13.1. The molecule has 3 aliphatic rings. The van der Waals surface area contributed by atoms with E-state index in [4.69, 9.17) is 14.2 Å². The lowest BCUT2D eigenvalue weighted by Crippen LogP contribution is -2.18. The van der Waals surface area contributed by atoms with Crippen molar-refractivity contribution >= 4 is 5.97 Å². The number of esters is 1. The van der Waals surface area contributed by atoms with Crippen molar-refractivity contribution in [3.8, 4) is 0 Å². The van der Waals surface area contributed by atoms with Gasteiger partial charge in [0, 0.05) is 5.57 Å². The third-order valence-corrected chi connectivity index (χ3v) is 4.22. The van der Waals surface area contributed by atoms with Gasteiger partial charge in [0.1, 0.15) is 18.3 Å². The number of carbonyl (C=O) groups excluding carboxylic acids is 1. The fourth-order valence-electron chi connectivity index (χ4n) is 2.91. The molecule has 106 valence electrons. The van der Waals surface area contributed by atoms with Gasteiger partial charge in [-0.3, -0.25) is 0 Å². The molecule has 3 unspecified atom stereocenters. The van der Waals surface area contributed by atoms with Crippen LogP contribution in [0.2, 0.25) is 0 Å². The number of carbonyl (C=O) groups is 1. The second-order valence-electron chi connectivity index (χ2n) is 5.90. The Bertz CT molecular complexity index is 386. The lowest BCUT2D eigenvalue weighted by Gasteiger charge is -2.13. The fourth-order valence-corrected chi connectivity index (χ4v) is 2.91. The van der Waals surface area contributed by atoms with Crippen molar-refractivity contribution in [2.45, 2.75) is 63.3 Å². The Morgan fingerprint density at radius 3 is 2.95 bits per heavy atom. The van der Waals surface area contributed by atoms with E-state index in [0.717, 1.165) is 12.8 Å². The van der Waals surface area contributed by atoms with Crippen LogP contribution in [-0.4, -0.2) is 37.0 Å². The van der Waals surface area contributed by atoms with Gasteiger partial charge in [-0.05, 0) is 25.8 Å². The van der Waals surface area contributed by atoms with Crippen molar-refractivity contribution < 1.29 is 19.0 Å². The number of rotatable bonds is 4. The van der Waals surface area contributed by atoms with Gasteiger partial charge in [-0.1, -0.05) is 25.7 Å². The van der Waals surface area contributed by atoms with Crippen molar-refractivity contribution in [3.63, 3.8) is 0 Å². The first-order valence-corrected chi connectivity index (χ1v) is 7.36. The number of ether oxygens (including phenoxy) is 3. The second-order valence-corrected chi connectivity index (χ2v) is 5.90. The SMILES string of the molecule is CC(=CC12CCCCCCC1O2)C(=O)OCC1CO1. The van der Waals surface area contributed by atoms with Gasteiger partial charge in [0.15, 0.2) is 0 Å². The van der Waals surface area contributed by atoms with Crippen LogP contribution in [0.4, 0.5) is 0 Å². The smallest absolute Gasteiger partial charge is 0.333 e. The molecule has 3 fully saturated rings. The maximum absolute atomic E-state index is 11.9. The van der Waals surface area contributed by atoms with Gasteiger partial charge in [-0.25, -0.2) is 4.79 Å². The summed E-state index contributed by atoms with van der Waals surface area (Å²) in [5.41, 5.74) is 0.503. The van der Waals surface area contributed by atoms with E-state index in [9.17, 15) is 4.79 Å². The Balaban J connectivity index is 1.57. The molecule has 0 radical (unpaired) electrons. The number of epoxide rings is 2. The first-order chi connectivity index (χ1) is 9.20. The van der Waals surface area contributed by atoms with E-state index < -0.39 is 0 Å². The molecule has 0 aromatic heterocycles. The summed E-state index contributed by atoms with van der Waals surface area (Å²) in [5, 5.41) is 0. The molecule has 0 aromatic rings. The molecule has 2 heterocycles. The highest BCUT2D eigenvalue weighted by atomic mass is 16.6. The van der Waals surface area contributed by atoms with E-state index in [1.165, 1.54) is 25.7 Å². The molecule has 0 bridgehead atoms. The van der Waals surface area contributed by atoms with Gasteiger partial charge < -0.3 is 14.2 Å². The summed E-state index contributed by atoms with van der Waals surface area (Å²) in [4.78, 5) is 11.9. The third-order valence-electron chi connectivity index (χ3n) is 4.22. The highest BCUT2D eigenvalue weighted by molar-refractivity contribution is 5.88. The van der Waals surface area contributed by atoms with Crippen molar-refractivity contribution in [3.05, 3.63) is 11.6 Å². The van der Waals surface area contributed by atoms with E-state index in [-0.39, 0.29) is 17.7 Å². The molecule has 1 aliphatic carbocycles. The van der Waals surface area contributed by atoms with Crippen molar-refractivity contribution in [2.24, 2.45) is 0 Å². The summed E-state index contributed by atoms with van der Waals surface area (Å²) in [6.07, 6.45) is 9.61. The quantitative estimate of drug-likeness (QED) is 0.445. The lowest BCUT2D eigenvalue weighted by atomic mass is 9.89. The lowest BCUT2D eigenvalue weighted by molar-refractivity contribution is -0.139. The van der Waals surface area contributed by atoms with E-state index in [1.807, 2.05) is 13.0 Å². The fraction of sp³-hybridized carbons (Fsp3) is 0.800. The normalized spacial score (nSPS) is 37.8. The Morgan fingerprint density at radius 1 is 1.37 bits per heavy atom. The van der Waals surface area contributed by atoms with Crippen molar-refractivity contribution in [2.75, 3.05) is 13.2 Å². The maximum atomic E-state index is 11.9. The van der Waals surface area contributed by atoms with Crippen LogP contribution in [0.5, 0.6) is 0 Å². The highest BCUT2D eigenvalue weighted by Gasteiger charge is 2.54. The van der Waals surface area contributed by atoms with Gasteiger partial charge >= 0.3 is 5.97 Å². The molecule has 19 heavy (non-hydrogen) atoms. The Kier molecular flexibility index (Phi) is 3.63. The van der Waals surface area contributed by atoms with Gasteiger partial charge in [0.2, 0.25) is 0 Å². The summed E-state index contributed by atoms with van der Waals surface area (Å²) in [6, 6.07) is 0. The van der Waals surface area contributed by atoms with Gasteiger partial charge in [-0.2, -0.15) is 0 Å². The zero-order chi connectivity index (χ0) is 13.3. The van der Waals surface area contributed by atoms with Crippen LogP contribution in [0.3, 0.4) is 0 Å². The Hall–Kier alpha value is -0.870. The first-order valence-electron chi connectivity index (χ1n) is 7.36. The van der Waals surface area contributed by atoms with E-state index in [1.54, 1.807) is 0 Å². The van der Waals surface area contributed by atoms with Crippen LogP contribution >= 0.6 is 0 Å². The molecule has 3 rings (SSSR count). The van der Waals surface area contributed by atoms with Gasteiger partial charge in [0.25, 0.3) is 0 Å². The minimum Gasteiger partial charge on any atom is -0.459 e. The molecule has 4 heteroatoms. The van der Waals surface area contributed by atoms with E-state index >= 15 is 0 Å². The highest BCUT2D eigenvalue weighted by Crippen LogP contribution is 2.47. The molecule has 1 saturated carbocycles. The number of hydrogen-bond donors (Lipinski definition) is 0. The third kappa shape index (κ3) is 3.18. The number of fused-ring (bicyclic) bond motifs is 1. The van der Waals surface area contributed by atoms with Gasteiger partial charge in [0.05, 0.1) is 12.7 Å². The van der Waals surface area contributed by atoms with Crippen LogP contribution in [0, 0.1) is 0 Å².